The van der Waals surface area contributed by atoms with E-state index in [0.717, 1.165) is 6.42 Å². The summed E-state index contributed by atoms with van der Waals surface area (Å²) in [5.74, 6) is 0.658. The van der Waals surface area contributed by atoms with E-state index in [1.807, 2.05) is 13.8 Å². The first kappa shape index (κ1) is 14.4. The molecule has 0 radical (unpaired) electrons. The largest absolute Gasteiger partial charge is 0.466 e. The fourth-order valence-electron chi connectivity index (χ4n) is 1.29. The van der Waals surface area contributed by atoms with Gasteiger partial charge in [-0.25, -0.2) is 0 Å². The van der Waals surface area contributed by atoms with Crippen LogP contribution in [0.3, 0.4) is 0 Å². The van der Waals surface area contributed by atoms with Gasteiger partial charge in [-0.3, -0.25) is 4.79 Å². The van der Waals surface area contributed by atoms with Gasteiger partial charge in [-0.1, -0.05) is 27.7 Å². The highest BCUT2D eigenvalue weighted by atomic mass is 16.5. The van der Waals surface area contributed by atoms with Crippen molar-refractivity contribution in [2.75, 3.05) is 6.61 Å². The number of rotatable bonds is 7. The summed E-state index contributed by atoms with van der Waals surface area (Å²) >= 11 is 0. The van der Waals surface area contributed by atoms with Gasteiger partial charge in [0.25, 0.3) is 0 Å². The van der Waals surface area contributed by atoms with Crippen molar-refractivity contribution in [1.29, 1.82) is 0 Å². The molecule has 15 heavy (non-hydrogen) atoms. The molecule has 0 rings (SSSR count). The van der Waals surface area contributed by atoms with Crippen LogP contribution in [0.15, 0.2) is 0 Å². The molecular weight excluding hydrogens is 192 g/mol. The molecule has 0 heterocycles. The van der Waals surface area contributed by atoms with Crippen molar-refractivity contribution in [3.8, 4) is 0 Å². The normalized spacial score (nSPS) is 13.3. The van der Waals surface area contributed by atoms with Crippen LogP contribution in [0.2, 0.25) is 0 Å². The first-order valence-corrected chi connectivity index (χ1v) is 5.75. The molecule has 0 aliphatic rings. The Kier molecular flexibility index (Phi) is 7.39. The minimum atomic E-state index is -0.559. The molecule has 0 fully saturated rings. The Labute approximate surface area is 92.8 Å². The number of hydrogen-bond donors (Lipinski definition) is 1. The Morgan fingerprint density at radius 3 is 2.27 bits per heavy atom. The number of esters is 1. The molecule has 0 aliphatic heterocycles. The van der Waals surface area contributed by atoms with Crippen LogP contribution in [0, 0.1) is 11.8 Å². The highest BCUT2D eigenvalue weighted by molar-refractivity contribution is 5.69. The van der Waals surface area contributed by atoms with E-state index in [9.17, 15) is 9.90 Å². The van der Waals surface area contributed by atoms with Crippen LogP contribution >= 0.6 is 0 Å². The van der Waals surface area contributed by atoms with Crippen molar-refractivity contribution in [2.45, 2.75) is 53.1 Å². The minimum absolute atomic E-state index is 0.121. The van der Waals surface area contributed by atoms with E-state index in [2.05, 4.69) is 13.8 Å². The monoisotopic (exact) mass is 216 g/mol. The highest BCUT2D eigenvalue weighted by Crippen LogP contribution is 2.08. The van der Waals surface area contributed by atoms with E-state index in [1.54, 1.807) is 0 Å². The number of hydrogen-bond acceptors (Lipinski definition) is 3. The molecule has 0 aromatic rings. The SMILES string of the molecule is CC(C)CCOC(=O)CC(O)CC(C)C. The molecule has 90 valence electrons. The second-order valence-electron chi connectivity index (χ2n) is 4.89. The Morgan fingerprint density at radius 1 is 1.20 bits per heavy atom. The van der Waals surface area contributed by atoms with Crippen LogP contribution in [0.5, 0.6) is 0 Å². The topological polar surface area (TPSA) is 46.5 Å². The number of carbonyl (C=O) groups is 1. The van der Waals surface area contributed by atoms with Crippen LogP contribution in [0.4, 0.5) is 0 Å². The number of aliphatic hydroxyl groups excluding tert-OH is 1. The lowest BCUT2D eigenvalue weighted by Gasteiger charge is -2.12. The van der Waals surface area contributed by atoms with Gasteiger partial charge in [0, 0.05) is 0 Å². The molecule has 1 unspecified atom stereocenters. The zero-order valence-corrected chi connectivity index (χ0v) is 10.3. The molecule has 0 bridgehead atoms. The van der Waals surface area contributed by atoms with Crippen molar-refractivity contribution < 1.29 is 14.6 Å². The molecule has 0 spiro atoms. The molecule has 1 N–H and O–H groups in total. The molecule has 0 aromatic heterocycles. The van der Waals surface area contributed by atoms with Gasteiger partial charge in [-0.2, -0.15) is 0 Å². The summed E-state index contributed by atoms with van der Waals surface area (Å²) in [5, 5.41) is 9.50. The van der Waals surface area contributed by atoms with E-state index >= 15 is 0 Å². The molecule has 3 nitrogen and oxygen atoms in total. The average Bonchev–Trinajstić information content (AvgIpc) is 2.00. The van der Waals surface area contributed by atoms with Crippen molar-refractivity contribution in [1.82, 2.24) is 0 Å². The standard InChI is InChI=1S/C12H24O3/c1-9(2)5-6-15-12(14)8-11(13)7-10(3)4/h9-11,13H,5-8H2,1-4H3. The quantitative estimate of drug-likeness (QED) is 0.665. The van der Waals surface area contributed by atoms with Crippen LogP contribution in [-0.2, 0) is 9.53 Å². The second kappa shape index (κ2) is 7.69. The summed E-state index contributed by atoms with van der Waals surface area (Å²) in [6, 6.07) is 0. The minimum Gasteiger partial charge on any atom is -0.466 e. The lowest BCUT2D eigenvalue weighted by molar-refractivity contribution is -0.146. The van der Waals surface area contributed by atoms with E-state index in [4.69, 9.17) is 4.74 Å². The predicted molar refractivity (Wildman–Crippen MR) is 60.5 cm³/mol. The Balaban J connectivity index is 3.55. The van der Waals surface area contributed by atoms with Crippen molar-refractivity contribution in [3.63, 3.8) is 0 Å². The fourth-order valence-corrected chi connectivity index (χ4v) is 1.29. The lowest BCUT2D eigenvalue weighted by atomic mass is 10.0. The van der Waals surface area contributed by atoms with Crippen LogP contribution in [0.1, 0.15) is 47.0 Å². The van der Waals surface area contributed by atoms with Gasteiger partial charge in [-0.15, -0.1) is 0 Å². The van der Waals surface area contributed by atoms with Gasteiger partial charge in [0.1, 0.15) is 0 Å². The zero-order valence-electron chi connectivity index (χ0n) is 10.3. The van der Waals surface area contributed by atoms with E-state index < -0.39 is 6.10 Å². The van der Waals surface area contributed by atoms with Crippen molar-refractivity contribution in [3.05, 3.63) is 0 Å². The highest BCUT2D eigenvalue weighted by Gasteiger charge is 2.13. The first-order valence-electron chi connectivity index (χ1n) is 5.75. The lowest BCUT2D eigenvalue weighted by Crippen LogP contribution is -2.18. The van der Waals surface area contributed by atoms with E-state index in [0.29, 0.717) is 24.9 Å². The fraction of sp³-hybridized carbons (Fsp3) is 0.917. The molecule has 3 heteroatoms. The molecule has 0 aliphatic carbocycles. The first-order chi connectivity index (χ1) is 6.91. The van der Waals surface area contributed by atoms with E-state index in [1.165, 1.54) is 0 Å². The Bertz CT molecular complexity index is 176. The second-order valence-corrected chi connectivity index (χ2v) is 4.89. The number of carbonyl (C=O) groups excluding carboxylic acids is 1. The zero-order chi connectivity index (χ0) is 11.8. The molecule has 0 aromatic carbocycles. The molecule has 0 saturated carbocycles. The van der Waals surface area contributed by atoms with E-state index in [-0.39, 0.29) is 12.4 Å². The summed E-state index contributed by atoms with van der Waals surface area (Å²) in [5.41, 5.74) is 0. The van der Waals surface area contributed by atoms with Gasteiger partial charge < -0.3 is 9.84 Å². The maximum Gasteiger partial charge on any atom is 0.308 e. The summed E-state index contributed by atoms with van der Waals surface area (Å²) in [4.78, 5) is 11.2. The maximum absolute atomic E-state index is 11.2. The third-order valence-electron chi connectivity index (χ3n) is 2.10. The third kappa shape index (κ3) is 9.73. The molecular formula is C12H24O3. The Morgan fingerprint density at radius 2 is 1.80 bits per heavy atom. The number of ether oxygens (including phenoxy) is 1. The molecule has 0 amide bonds. The smallest absolute Gasteiger partial charge is 0.308 e. The third-order valence-corrected chi connectivity index (χ3v) is 2.10. The summed E-state index contributed by atoms with van der Waals surface area (Å²) in [7, 11) is 0. The average molecular weight is 216 g/mol. The summed E-state index contributed by atoms with van der Waals surface area (Å²) < 4.78 is 5.01. The van der Waals surface area contributed by atoms with Gasteiger partial charge in [0.05, 0.1) is 19.1 Å². The van der Waals surface area contributed by atoms with Crippen LogP contribution in [0.25, 0.3) is 0 Å². The number of aliphatic hydroxyl groups is 1. The van der Waals surface area contributed by atoms with Crippen LogP contribution < -0.4 is 0 Å². The summed E-state index contributed by atoms with van der Waals surface area (Å²) in [6.07, 6.45) is 1.10. The van der Waals surface area contributed by atoms with Crippen LogP contribution in [-0.4, -0.2) is 23.8 Å². The summed E-state index contributed by atoms with van der Waals surface area (Å²) in [6.45, 7) is 8.68. The molecule has 1 atom stereocenters. The van der Waals surface area contributed by atoms with Crippen molar-refractivity contribution in [2.24, 2.45) is 11.8 Å². The maximum atomic E-state index is 11.2. The predicted octanol–water partition coefficient (Wildman–Crippen LogP) is 2.37. The van der Waals surface area contributed by atoms with Gasteiger partial charge in [0.2, 0.25) is 0 Å². The van der Waals surface area contributed by atoms with Gasteiger partial charge in [0.15, 0.2) is 0 Å². The van der Waals surface area contributed by atoms with Gasteiger partial charge >= 0.3 is 5.97 Å². The molecule has 0 saturated heterocycles. The Hall–Kier alpha value is -0.570. The van der Waals surface area contributed by atoms with Crippen molar-refractivity contribution >= 4 is 5.97 Å². The van der Waals surface area contributed by atoms with Gasteiger partial charge in [-0.05, 0) is 24.7 Å².